The zero-order chi connectivity index (χ0) is 14.8. The summed E-state index contributed by atoms with van der Waals surface area (Å²) >= 11 is 3.24. The first-order valence-electron chi connectivity index (χ1n) is 6.53. The number of pyridine rings is 1. The molecule has 108 valence electrons. The monoisotopic (exact) mass is 348 g/mol. The van der Waals surface area contributed by atoms with Gasteiger partial charge in [-0.1, -0.05) is 18.2 Å². The molecule has 0 spiro atoms. The Morgan fingerprint density at radius 3 is 3.00 bits per heavy atom. The molecule has 0 unspecified atom stereocenters. The number of fused-ring (bicyclic) bond motifs is 1. The number of anilines is 2. The van der Waals surface area contributed by atoms with Crippen molar-refractivity contribution < 1.29 is 4.92 Å². The molecule has 7 heteroatoms. The first-order valence-corrected chi connectivity index (χ1v) is 7.32. The third kappa shape index (κ3) is 2.74. The van der Waals surface area contributed by atoms with Crippen LogP contribution in [-0.4, -0.2) is 23.0 Å². The molecule has 1 N–H and O–H groups in total. The summed E-state index contributed by atoms with van der Waals surface area (Å²) in [6.45, 7) is 2.12. The molecule has 3 rings (SSSR count). The normalized spacial score (nSPS) is 14.4. The van der Waals surface area contributed by atoms with Gasteiger partial charge in [0.15, 0.2) is 0 Å². The van der Waals surface area contributed by atoms with Crippen LogP contribution in [0, 0.1) is 10.1 Å². The lowest BCUT2D eigenvalue weighted by Gasteiger charge is -2.23. The summed E-state index contributed by atoms with van der Waals surface area (Å²) in [7, 11) is 0. The van der Waals surface area contributed by atoms with Gasteiger partial charge in [0.2, 0.25) is 5.82 Å². The number of benzene rings is 1. The van der Waals surface area contributed by atoms with Gasteiger partial charge in [0.1, 0.15) is 0 Å². The Bertz CT molecular complexity index is 692. The maximum atomic E-state index is 11.3. The lowest BCUT2D eigenvalue weighted by molar-refractivity contribution is -0.384. The Kier molecular flexibility index (Phi) is 3.85. The van der Waals surface area contributed by atoms with Crippen LogP contribution in [0.2, 0.25) is 0 Å². The van der Waals surface area contributed by atoms with Crippen LogP contribution in [0.1, 0.15) is 5.56 Å². The van der Waals surface area contributed by atoms with Crippen molar-refractivity contribution in [3.63, 3.8) is 0 Å². The maximum absolute atomic E-state index is 11.3. The molecule has 2 heterocycles. The quantitative estimate of drug-likeness (QED) is 0.667. The molecule has 1 aromatic carbocycles. The van der Waals surface area contributed by atoms with Crippen LogP contribution in [0.25, 0.3) is 0 Å². The molecule has 2 aromatic rings. The highest BCUT2D eigenvalue weighted by molar-refractivity contribution is 9.10. The third-order valence-corrected chi connectivity index (χ3v) is 3.81. The van der Waals surface area contributed by atoms with Crippen molar-refractivity contribution in [2.45, 2.75) is 6.54 Å². The van der Waals surface area contributed by atoms with E-state index >= 15 is 0 Å². The van der Waals surface area contributed by atoms with Gasteiger partial charge in [0.05, 0.1) is 4.92 Å². The third-order valence-electron chi connectivity index (χ3n) is 3.38. The predicted molar refractivity (Wildman–Crippen MR) is 83.7 cm³/mol. The summed E-state index contributed by atoms with van der Waals surface area (Å²) in [5.41, 5.74) is 2.07. The molecular weight excluding hydrogens is 336 g/mol. The van der Waals surface area contributed by atoms with E-state index in [1.165, 1.54) is 6.07 Å². The van der Waals surface area contributed by atoms with E-state index < -0.39 is 4.92 Å². The SMILES string of the molecule is O=[N+]([O-])c1cc(Br)cnc1N1CCNCc2ccccc21. The Morgan fingerprint density at radius 2 is 2.19 bits per heavy atom. The molecule has 6 nitrogen and oxygen atoms in total. The van der Waals surface area contributed by atoms with Crippen LogP contribution in [0.5, 0.6) is 0 Å². The second kappa shape index (κ2) is 5.79. The van der Waals surface area contributed by atoms with E-state index in [-0.39, 0.29) is 5.69 Å². The van der Waals surface area contributed by atoms with Gasteiger partial charge in [-0.15, -0.1) is 0 Å². The van der Waals surface area contributed by atoms with E-state index in [2.05, 4.69) is 26.2 Å². The van der Waals surface area contributed by atoms with Gasteiger partial charge >= 0.3 is 5.69 Å². The zero-order valence-corrected chi connectivity index (χ0v) is 12.7. The minimum atomic E-state index is -0.395. The standard InChI is InChI=1S/C14H13BrN4O2/c15-11-7-13(19(20)21)14(17-9-11)18-6-5-16-8-10-3-1-2-4-12(10)18/h1-4,7,9,16H,5-6,8H2. The number of aromatic nitrogens is 1. The summed E-state index contributed by atoms with van der Waals surface area (Å²) in [5, 5.41) is 14.6. The lowest BCUT2D eigenvalue weighted by Crippen LogP contribution is -2.25. The first-order chi connectivity index (χ1) is 10.2. The van der Waals surface area contributed by atoms with Crippen LogP contribution in [-0.2, 0) is 6.54 Å². The van der Waals surface area contributed by atoms with Gasteiger partial charge in [-0.25, -0.2) is 4.98 Å². The minimum Gasteiger partial charge on any atom is -0.319 e. The van der Waals surface area contributed by atoms with Crippen molar-refractivity contribution in [2.75, 3.05) is 18.0 Å². The van der Waals surface area contributed by atoms with Crippen LogP contribution < -0.4 is 10.2 Å². The molecular formula is C14H13BrN4O2. The molecule has 0 aliphatic carbocycles. The largest absolute Gasteiger partial charge is 0.319 e. The van der Waals surface area contributed by atoms with Crippen molar-refractivity contribution in [3.05, 3.63) is 56.7 Å². The average molecular weight is 349 g/mol. The number of nitro groups is 1. The molecule has 1 aliphatic rings. The van der Waals surface area contributed by atoms with Crippen LogP contribution in [0.4, 0.5) is 17.2 Å². The molecule has 0 atom stereocenters. The van der Waals surface area contributed by atoms with Crippen LogP contribution in [0.3, 0.4) is 0 Å². The number of halogens is 1. The molecule has 0 bridgehead atoms. The Balaban J connectivity index is 2.14. The Morgan fingerprint density at radius 1 is 1.38 bits per heavy atom. The Labute approximate surface area is 130 Å². The second-order valence-corrected chi connectivity index (χ2v) is 5.63. The number of hydrogen-bond acceptors (Lipinski definition) is 5. The number of rotatable bonds is 2. The number of para-hydroxylation sites is 1. The highest BCUT2D eigenvalue weighted by Crippen LogP contribution is 2.35. The highest BCUT2D eigenvalue weighted by atomic mass is 79.9. The van der Waals surface area contributed by atoms with Gasteiger partial charge in [-0.3, -0.25) is 10.1 Å². The summed E-state index contributed by atoms with van der Waals surface area (Å²) in [5.74, 6) is 0.374. The van der Waals surface area contributed by atoms with Crippen molar-refractivity contribution in [3.8, 4) is 0 Å². The van der Waals surface area contributed by atoms with Crippen LogP contribution in [0.15, 0.2) is 41.0 Å². The fraction of sp³-hybridized carbons (Fsp3) is 0.214. The smallest absolute Gasteiger partial charge is 0.313 e. The molecule has 1 aromatic heterocycles. The summed E-state index contributed by atoms with van der Waals surface area (Å²) in [4.78, 5) is 17.1. The first kappa shape index (κ1) is 14.0. The molecule has 0 radical (unpaired) electrons. The highest BCUT2D eigenvalue weighted by Gasteiger charge is 2.25. The van der Waals surface area contributed by atoms with Crippen molar-refractivity contribution in [1.82, 2.24) is 10.3 Å². The molecule has 0 saturated heterocycles. The van der Waals surface area contributed by atoms with E-state index in [1.807, 2.05) is 29.2 Å². The van der Waals surface area contributed by atoms with Crippen molar-refractivity contribution >= 4 is 33.1 Å². The van der Waals surface area contributed by atoms with Crippen LogP contribution >= 0.6 is 15.9 Å². The number of hydrogen-bond donors (Lipinski definition) is 1. The van der Waals surface area contributed by atoms with E-state index in [0.717, 1.165) is 24.3 Å². The van der Waals surface area contributed by atoms with E-state index in [9.17, 15) is 10.1 Å². The fourth-order valence-corrected chi connectivity index (χ4v) is 2.76. The van der Waals surface area contributed by atoms with Crippen molar-refractivity contribution in [2.24, 2.45) is 0 Å². The molecule has 21 heavy (non-hydrogen) atoms. The van der Waals surface area contributed by atoms with Gasteiger partial charge < -0.3 is 10.2 Å². The van der Waals surface area contributed by atoms with E-state index in [4.69, 9.17) is 0 Å². The van der Waals surface area contributed by atoms with Gasteiger partial charge in [0.25, 0.3) is 0 Å². The molecule has 1 aliphatic heterocycles. The Hall–Kier alpha value is -1.99. The molecule has 0 fully saturated rings. The summed E-state index contributed by atoms with van der Waals surface area (Å²) in [6.07, 6.45) is 1.59. The fourth-order valence-electron chi connectivity index (χ4n) is 2.44. The topological polar surface area (TPSA) is 71.3 Å². The molecule has 0 amide bonds. The van der Waals surface area contributed by atoms with Gasteiger partial charge in [0, 0.05) is 42.1 Å². The number of nitrogens with zero attached hydrogens (tertiary/aromatic N) is 3. The zero-order valence-electron chi connectivity index (χ0n) is 11.1. The summed E-state index contributed by atoms with van der Waals surface area (Å²) < 4.78 is 0.596. The van der Waals surface area contributed by atoms with E-state index in [0.29, 0.717) is 16.8 Å². The predicted octanol–water partition coefficient (Wildman–Crippen LogP) is 2.99. The van der Waals surface area contributed by atoms with Crippen molar-refractivity contribution in [1.29, 1.82) is 0 Å². The molecule has 0 saturated carbocycles. The van der Waals surface area contributed by atoms with Gasteiger partial charge in [-0.2, -0.15) is 0 Å². The average Bonchev–Trinajstić information content (AvgIpc) is 2.69. The maximum Gasteiger partial charge on any atom is 0.313 e. The number of nitrogens with one attached hydrogen (secondary N) is 1. The van der Waals surface area contributed by atoms with Gasteiger partial charge in [-0.05, 0) is 27.6 Å². The minimum absolute atomic E-state index is 0.000998. The summed E-state index contributed by atoms with van der Waals surface area (Å²) in [6, 6.07) is 9.37. The van der Waals surface area contributed by atoms with E-state index in [1.54, 1.807) is 6.20 Å². The lowest BCUT2D eigenvalue weighted by atomic mass is 10.1. The second-order valence-electron chi connectivity index (χ2n) is 4.71.